The molecule has 19 heavy (non-hydrogen) atoms. The number of aliphatic hydroxyl groups excluding tert-OH is 1. The molecule has 2 N–H and O–H groups in total. The van der Waals surface area contributed by atoms with E-state index in [0.717, 1.165) is 16.7 Å². The fourth-order valence-corrected chi connectivity index (χ4v) is 1.94. The van der Waals surface area contributed by atoms with E-state index in [2.05, 4.69) is 0 Å². The topological polar surface area (TPSA) is 57.5 Å². The second-order valence-electron chi connectivity index (χ2n) is 4.59. The smallest absolute Gasteiger partial charge is 0.335 e. The third-order valence-corrected chi connectivity index (χ3v) is 3.20. The summed E-state index contributed by atoms with van der Waals surface area (Å²) < 4.78 is 0. The fraction of sp³-hybridized carbons (Fsp3) is 0.188. The minimum Gasteiger partial charge on any atom is -0.478 e. The predicted octanol–water partition coefficient (Wildman–Crippen LogP) is 3.15. The predicted molar refractivity (Wildman–Crippen MR) is 74.3 cm³/mol. The SMILES string of the molecule is CC(CO)c1ccc(-c2cccc(C(=O)O)c2)cc1. The van der Waals surface area contributed by atoms with Gasteiger partial charge in [0.15, 0.2) is 0 Å². The highest BCUT2D eigenvalue weighted by molar-refractivity contribution is 5.89. The van der Waals surface area contributed by atoms with Gasteiger partial charge >= 0.3 is 5.97 Å². The molecule has 0 spiro atoms. The summed E-state index contributed by atoms with van der Waals surface area (Å²) in [6, 6.07) is 14.7. The monoisotopic (exact) mass is 256 g/mol. The van der Waals surface area contributed by atoms with Crippen molar-refractivity contribution in [3.05, 3.63) is 59.7 Å². The lowest BCUT2D eigenvalue weighted by Gasteiger charge is -2.09. The summed E-state index contributed by atoms with van der Waals surface area (Å²) in [4.78, 5) is 10.9. The van der Waals surface area contributed by atoms with Gasteiger partial charge < -0.3 is 10.2 Å². The van der Waals surface area contributed by atoms with Gasteiger partial charge in [0.25, 0.3) is 0 Å². The normalized spacial score (nSPS) is 12.1. The molecule has 2 aromatic rings. The molecule has 1 atom stereocenters. The van der Waals surface area contributed by atoms with Crippen molar-refractivity contribution >= 4 is 5.97 Å². The van der Waals surface area contributed by atoms with Gasteiger partial charge in [0.05, 0.1) is 5.56 Å². The molecule has 98 valence electrons. The van der Waals surface area contributed by atoms with Crippen molar-refractivity contribution in [1.82, 2.24) is 0 Å². The summed E-state index contributed by atoms with van der Waals surface area (Å²) in [5, 5.41) is 18.1. The Morgan fingerprint density at radius 2 is 1.79 bits per heavy atom. The van der Waals surface area contributed by atoms with E-state index >= 15 is 0 Å². The maximum absolute atomic E-state index is 10.9. The Hall–Kier alpha value is -2.13. The summed E-state index contributed by atoms with van der Waals surface area (Å²) in [6.07, 6.45) is 0. The van der Waals surface area contributed by atoms with Crippen molar-refractivity contribution in [2.75, 3.05) is 6.61 Å². The first kappa shape index (κ1) is 13.3. The van der Waals surface area contributed by atoms with Crippen molar-refractivity contribution < 1.29 is 15.0 Å². The van der Waals surface area contributed by atoms with Gasteiger partial charge in [-0.2, -0.15) is 0 Å². The molecule has 0 aromatic heterocycles. The number of rotatable bonds is 4. The summed E-state index contributed by atoms with van der Waals surface area (Å²) in [5.74, 6) is -0.813. The quantitative estimate of drug-likeness (QED) is 0.883. The maximum atomic E-state index is 10.9. The first-order chi connectivity index (χ1) is 9.11. The molecular formula is C16H16O3. The third kappa shape index (κ3) is 3.01. The first-order valence-corrected chi connectivity index (χ1v) is 6.16. The van der Waals surface area contributed by atoms with Gasteiger partial charge in [-0.15, -0.1) is 0 Å². The number of benzene rings is 2. The van der Waals surface area contributed by atoms with E-state index < -0.39 is 5.97 Å². The zero-order valence-corrected chi connectivity index (χ0v) is 10.7. The molecule has 0 bridgehead atoms. The van der Waals surface area contributed by atoms with Gasteiger partial charge in [-0.1, -0.05) is 43.3 Å². The van der Waals surface area contributed by atoms with E-state index in [-0.39, 0.29) is 18.1 Å². The number of aromatic carboxylic acids is 1. The van der Waals surface area contributed by atoms with Crippen molar-refractivity contribution in [2.45, 2.75) is 12.8 Å². The molecule has 0 amide bonds. The molecule has 0 aliphatic heterocycles. The molecule has 3 nitrogen and oxygen atoms in total. The lowest BCUT2D eigenvalue weighted by Crippen LogP contribution is -1.98. The van der Waals surface area contributed by atoms with Crippen molar-refractivity contribution in [3.63, 3.8) is 0 Å². The number of hydrogen-bond donors (Lipinski definition) is 2. The number of hydrogen-bond acceptors (Lipinski definition) is 2. The van der Waals surface area contributed by atoms with Gasteiger partial charge in [0, 0.05) is 12.5 Å². The number of carboxylic acid groups (broad SMARTS) is 1. The molecule has 0 aliphatic carbocycles. The minimum atomic E-state index is -0.924. The average Bonchev–Trinajstić information content (AvgIpc) is 2.46. The van der Waals surface area contributed by atoms with E-state index in [0.29, 0.717) is 0 Å². The van der Waals surface area contributed by atoms with Crippen LogP contribution >= 0.6 is 0 Å². The average molecular weight is 256 g/mol. The Labute approximate surface area is 112 Å². The van der Waals surface area contributed by atoms with Crippen LogP contribution in [0.1, 0.15) is 28.8 Å². The van der Waals surface area contributed by atoms with Crippen LogP contribution in [-0.4, -0.2) is 22.8 Å². The molecule has 0 fully saturated rings. The number of carbonyl (C=O) groups is 1. The Morgan fingerprint density at radius 3 is 2.37 bits per heavy atom. The van der Waals surface area contributed by atoms with Crippen LogP contribution in [0.4, 0.5) is 0 Å². The van der Waals surface area contributed by atoms with E-state index in [4.69, 9.17) is 10.2 Å². The molecule has 0 radical (unpaired) electrons. The Morgan fingerprint density at radius 1 is 1.11 bits per heavy atom. The highest BCUT2D eigenvalue weighted by Crippen LogP contribution is 2.23. The van der Waals surface area contributed by atoms with Crippen molar-refractivity contribution in [1.29, 1.82) is 0 Å². The van der Waals surface area contributed by atoms with Crippen LogP contribution in [0.25, 0.3) is 11.1 Å². The number of aliphatic hydroxyl groups is 1. The molecule has 1 unspecified atom stereocenters. The molecule has 0 aliphatic rings. The van der Waals surface area contributed by atoms with Gasteiger partial charge in [-0.3, -0.25) is 0 Å². The van der Waals surface area contributed by atoms with E-state index in [1.54, 1.807) is 18.2 Å². The van der Waals surface area contributed by atoms with Crippen LogP contribution in [0.15, 0.2) is 48.5 Å². The van der Waals surface area contributed by atoms with Crippen LogP contribution in [0, 0.1) is 0 Å². The van der Waals surface area contributed by atoms with E-state index in [9.17, 15) is 4.79 Å². The summed E-state index contributed by atoms with van der Waals surface area (Å²) in [5.41, 5.74) is 3.20. The lowest BCUT2D eigenvalue weighted by atomic mass is 9.97. The van der Waals surface area contributed by atoms with Crippen LogP contribution in [0.5, 0.6) is 0 Å². The summed E-state index contributed by atoms with van der Waals surface area (Å²) >= 11 is 0. The number of carboxylic acids is 1. The van der Waals surface area contributed by atoms with Gasteiger partial charge in [-0.25, -0.2) is 4.79 Å². The standard InChI is InChI=1S/C16H16O3/c1-11(10-17)12-5-7-13(8-6-12)14-3-2-4-15(9-14)16(18)19/h2-9,11,17H,10H2,1H3,(H,18,19). The zero-order chi connectivity index (χ0) is 13.8. The second-order valence-corrected chi connectivity index (χ2v) is 4.59. The van der Waals surface area contributed by atoms with E-state index in [1.807, 2.05) is 37.3 Å². The molecule has 2 rings (SSSR count). The largest absolute Gasteiger partial charge is 0.478 e. The van der Waals surface area contributed by atoms with Crippen LogP contribution in [0.3, 0.4) is 0 Å². The van der Waals surface area contributed by atoms with Gasteiger partial charge in [-0.05, 0) is 28.8 Å². The lowest BCUT2D eigenvalue weighted by molar-refractivity contribution is 0.0697. The molecule has 0 saturated heterocycles. The molecule has 3 heteroatoms. The summed E-state index contributed by atoms with van der Waals surface area (Å²) in [7, 11) is 0. The highest BCUT2D eigenvalue weighted by Gasteiger charge is 2.06. The van der Waals surface area contributed by atoms with Crippen molar-refractivity contribution in [3.8, 4) is 11.1 Å². The van der Waals surface area contributed by atoms with Crippen molar-refractivity contribution in [2.24, 2.45) is 0 Å². The Balaban J connectivity index is 2.32. The Bertz CT molecular complexity index is 573. The zero-order valence-electron chi connectivity index (χ0n) is 10.7. The summed E-state index contributed by atoms with van der Waals surface area (Å²) in [6.45, 7) is 2.08. The molecule has 0 saturated carbocycles. The first-order valence-electron chi connectivity index (χ1n) is 6.16. The van der Waals surface area contributed by atoms with Crippen LogP contribution in [-0.2, 0) is 0 Å². The maximum Gasteiger partial charge on any atom is 0.335 e. The molecular weight excluding hydrogens is 240 g/mol. The van der Waals surface area contributed by atoms with E-state index in [1.165, 1.54) is 0 Å². The van der Waals surface area contributed by atoms with Crippen LogP contribution < -0.4 is 0 Å². The van der Waals surface area contributed by atoms with Crippen LogP contribution in [0.2, 0.25) is 0 Å². The highest BCUT2D eigenvalue weighted by atomic mass is 16.4. The fourth-order valence-electron chi connectivity index (χ4n) is 1.94. The second kappa shape index (κ2) is 5.67. The van der Waals surface area contributed by atoms with Gasteiger partial charge in [0.1, 0.15) is 0 Å². The molecule has 2 aromatic carbocycles. The van der Waals surface area contributed by atoms with Gasteiger partial charge in [0.2, 0.25) is 0 Å². The Kier molecular flexibility index (Phi) is 3.97. The molecule has 0 heterocycles. The minimum absolute atomic E-state index is 0.111. The third-order valence-electron chi connectivity index (χ3n) is 3.20.